The summed E-state index contributed by atoms with van der Waals surface area (Å²) < 4.78 is 39.9. The lowest BCUT2D eigenvalue weighted by atomic mass is 10.1. The maximum Gasteiger partial charge on any atom is 0.229 e. The van der Waals surface area contributed by atoms with Gasteiger partial charge >= 0.3 is 0 Å². The van der Waals surface area contributed by atoms with Crippen LogP contribution in [0.2, 0.25) is 5.02 Å². The number of benzene rings is 1. The van der Waals surface area contributed by atoms with Gasteiger partial charge in [0.05, 0.1) is 24.1 Å². The number of nitrogens with zero attached hydrogens (tertiary/aromatic N) is 5. The van der Waals surface area contributed by atoms with E-state index in [1.165, 1.54) is 24.4 Å². The molecule has 0 amide bonds. The zero-order valence-electron chi connectivity index (χ0n) is 18.3. The summed E-state index contributed by atoms with van der Waals surface area (Å²) in [6.45, 7) is 5.62. The van der Waals surface area contributed by atoms with Crippen molar-refractivity contribution in [3.05, 3.63) is 59.8 Å². The van der Waals surface area contributed by atoms with Crippen molar-refractivity contribution < 1.29 is 13.2 Å². The van der Waals surface area contributed by atoms with Gasteiger partial charge in [0.25, 0.3) is 0 Å². The van der Waals surface area contributed by atoms with Crippen LogP contribution in [0.15, 0.2) is 43.4 Å². The van der Waals surface area contributed by atoms with Gasteiger partial charge in [-0.2, -0.15) is 10.1 Å². The van der Waals surface area contributed by atoms with E-state index in [2.05, 4.69) is 44.2 Å². The molecule has 1 atom stereocenters. The second kappa shape index (κ2) is 10.5. The highest BCUT2D eigenvalue weighted by atomic mass is 35.5. The first-order valence-electron chi connectivity index (χ1n) is 10.4. The molecule has 0 saturated carbocycles. The van der Waals surface area contributed by atoms with Crippen molar-refractivity contribution in [2.24, 2.45) is 0 Å². The van der Waals surface area contributed by atoms with E-state index in [1.54, 1.807) is 6.20 Å². The number of rotatable bonds is 8. The highest BCUT2D eigenvalue weighted by Gasteiger charge is 2.19. The average Bonchev–Trinajstić information content (AvgIpc) is 3.25. The standard InChI is InChI=1S/C21H24ClFN8O2S/c1-13(29-34(32)33)17-9-14(3-4-19(17)23)26-20-18(22)11-24-21(28-20)27-15-10-25-31(12-15)16-5-7-30(2)8-6-16/h3-4,9-12,16,29H,1,5-8H2,2H3,(H,32,33)(H2,24,26,27,28)/p-1. The van der Waals surface area contributed by atoms with E-state index in [1.807, 2.05) is 15.6 Å². The fourth-order valence-electron chi connectivity index (χ4n) is 3.63. The zero-order valence-corrected chi connectivity index (χ0v) is 19.9. The Morgan fingerprint density at radius 2 is 2.03 bits per heavy atom. The van der Waals surface area contributed by atoms with E-state index >= 15 is 0 Å². The first-order chi connectivity index (χ1) is 16.3. The second-order valence-corrected chi connectivity index (χ2v) is 8.97. The van der Waals surface area contributed by atoms with Gasteiger partial charge < -0.3 is 24.8 Å². The first-order valence-corrected chi connectivity index (χ1v) is 11.9. The quantitative estimate of drug-likeness (QED) is 0.397. The molecule has 1 aromatic carbocycles. The van der Waals surface area contributed by atoms with Gasteiger partial charge in [-0.15, -0.1) is 0 Å². The molecule has 4 rings (SSSR count). The molecule has 180 valence electrons. The summed E-state index contributed by atoms with van der Waals surface area (Å²) >= 11 is 3.63. The Hall–Kier alpha value is -3.06. The number of nitrogens with one attached hydrogen (secondary N) is 3. The third-order valence-electron chi connectivity index (χ3n) is 5.42. The summed E-state index contributed by atoms with van der Waals surface area (Å²) in [5.41, 5.74) is 1.05. The molecule has 3 aromatic rings. The molecular weight excluding hydrogens is 483 g/mol. The molecule has 1 saturated heterocycles. The minimum Gasteiger partial charge on any atom is -0.755 e. The Morgan fingerprint density at radius 3 is 2.76 bits per heavy atom. The Balaban J connectivity index is 1.48. The molecule has 0 aliphatic carbocycles. The van der Waals surface area contributed by atoms with Gasteiger partial charge in [0, 0.05) is 34.4 Å². The van der Waals surface area contributed by atoms with Crippen LogP contribution in [0.1, 0.15) is 24.4 Å². The number of piperidine rings is 1. The zero-order chi connectivity index (χ0) is 24.2. The topological polar surface area (TPSA) is 123 Å². The number of hydrogen-bond acceptors (Lipinski definition) is 8. The highest BCUT2D eigenvalue weighted by molar-refractivity contribution is 7.77. The van der Waals surface area contributed by atoms with Crippen molar-refractivity contribution in [2.45, 2.75) is 18.9 Å². The predicted octanol–water partition coefficient (Wildman–Crippen LogP) is 3.57. The minimum atomic E-state index is -2.62. The van der Waals surface area contributed by atoms with Gasteiger partial charge in [-0.05, 0) is 51.2 Å². The number of hydrogen-bond donors (Lipinski definition) is 3. The molecule has 3 heterocycles. The van der Waals surface area contributed by atoms with Crippen LogP contribution in [0, 0.1) is 5.82 Å². The predicted molar refractivity (Wildman–Crippen MR) is 129 cm³/mol. The van der Waals surface area contributed by atoms with Crippen LogP contribution in [0.25, 0.3) is 5.70 Å². The van der Waals surface area contributed by atoms with Crippen LogP contribution >= 0.6 is 11.6 Å². The highest BCUT2D eigenvalue weighted by Crippen LogP contribution is 2.28. The van der Waals surface area contributed by atoms with Gasteiger partial charge in [-0.25, -0.2) is 9.37 Å². The van der Waals surface area contributed by atoms with E-state index in [4.69, 9.17) is 11.6 Å². The Morgan fingerprint density at radius 1 is 1.26 bits per heavy atom. The molecular formula is C21H23ClFN8O2S-. The van der Waals surface area contributed by atoms with Crippen LogP contribution in [0.5, 0.6) is 0 Å². The molecule has 3 N–H and O–H groups in total. The summed E-state index contributed by atoms with van der Waals surface area (Å²) in [4.78, 5) is 10.9. The minimum absolute atomic E-state index is 0.0148. The number of aromatic nitrogens is 4. The monoisotopic (exact) mass is 505 g/mol. The van der Waals surface area contributed by atoms with Gasteiger partial charge in [-0.1, -0.05) is 18.2 Å². The summed E-state index contributed by atoms with van der Waals surface area (Å²) in [5.74, 6) is -0.0540. The molecule has 0 bridgehead atoms. The van der Waals surface area contributed by atoms with Crippen LogP contribution < -0.4 is 15.4 Å². The average molecular weight is 506 g/mol. The van der Waals surface area contributed by atoms with Crippen molar-refractivity contribution in [2.75, 3.05) is 30.8 Å². The normalized spacial score (nSPS) is 15.6. The summed E-state index contributed by atoms with van der Waals surface area (Å²) in [5, 5.41) is 10.8. The maximum atomic E-state index is 14.1. The van der Waals surface area contributed by atoms with E-state index < -0.39 is 17.1 Å². The molecule has 1 unspecified atom stereocenters. The lowest BCUT2D eigenvalue weighted by Crippen LogP contribution is -2.31. The van der Waals surface area contributed by atoms with Crippen LogP contribution in [-0.4, -0.2) is 53.5 Å². The Labute approximate surface area is 203 Å². The SMILES string of the molecule is C=C(NS(=O)[O-])c1cc(Nc2nc(Nc3cnn(C4CCN(C)CC4)c3)ncc2Cl)ccc1F. The number of likely N-dealkylation sites (tertiary alicyclic amines) is 1. The fraction of sp³-hybridized carbons (Fsp3) is 0.286. The summed E-state index contributed by atoms with van der Waals surface area (Å²) in [7, 11) is 2.12. The van der Waals surface area contributed by atoms with Gasteiger partial charge in [0.15, 0.2) is 5.82 Å². The van der Waals surface area contributed by atoms with Crippen molar-refractivity contribution in [3.63, 3.8) is 0 Å². The van der Waals surface area contributed by atoms with E-state index in [9.17, 15) is 13.2 Å². The van der Waals surface area contributed by atoms with Crippen molar-refractivity contribution in [1.29, 1.82) is 0 Å². The van der Waals surface area contributed by atoms with E-state index in [0.717, 1.165) is 31.6 Å². The smallest absolute Gasteiger partial charge is 0.229 e. The van der Waals surface area contributed by atoms with Gasteiger partial charge in [0.1, 0.15) is 10.8 Å². The summed E-state index contributed by atoms with van der Waals surface area (Å²) in [6, 6.07) is 4.40. The molecule has 13 heteroatoms. The van der Waals surface area contributed by atoms with E-state index in [0.29, 0.717) is 17.7 Å². The molecule has 0 radical (unpaired) electrons. The van der Waals surface area contributed by atoms with Crippen LogP contribution in [0.4, 0.5) is 27.5 Å². The molecule has 10 nitrogen and oxygen atoms in total. The maximum absolute atomic E-state index is 14.1. The van der Waals surface area contributed by atoms with Gasteiger partial charge in [-0.3, -0.25) is 8.89 Å². The lowest BCUT2D eigenvalue weighted by molar-refractivity contribution is 0.212. The molecule has 34 heavy (non-hydrogen) atoms. The fourth-order valence-corrected chi connectivity index (χ4v) is 4.08. The van der Waals surface area contributed by atoms with Crippen LogP contribution in [0.3, 0.4) is 0 Å². The second-order valence-electron chi connectivity index (χ2n) is 7.89. The van der Waals surface area contributed by atoms with Gasteiger partial charge in [0.2, 0.25) is 5.95 Å². The Kier molecular flexibility index (Phi) is 7.41. The molecule has 1 aliphatic rings. The van der Waals surface area contributed by atoms with E-state index in [-0.39, 0.29) is 22.1 Å². The largest absolute Gasteiger partial charge is 0.755 e. The molecule has 1 aliphatic heterocycles. The van der Waals surface area contributed by atoms with Crippen LogP contribution in [-0.2, 0) is 11.3 Å². The third-order valence-corrected chi connectivity index (χ3v) is 6.11. The molecule has 2 aromatic heterocycles. The number of halogens is 2. The lowest BCUT2D eigenvalue weighted by Gasteiger charge is -2.28. The Bertz CT molecular complexity index is 1220. The summed E-state index contributed by atoms with van der Waals surface area (Å²) in [6.07, 6.45) is 7.15. The first kappa shape index (κ1) is 24.1. The van der Waals surface area contributed by atoms with Crippen molar-refractivity contribution >= 4 is 51.7 Å². The molecule has 0 spiro atoms. The number of anilines is 4. The molecule has 1 fully saturated rings. The van der Waals surface area contributed by atoms with Crippen molar-refractivity contribution in [1.82, 2.24) is 29.4 Å². The third kappa shape index (κ3) is 5.89. The van der Waals surface area contributed by atoms with Crippen molar-refractivity contribution in [3.8, 4) is 0 Å².